The summed E-state index contributed by atoms with van der Waals surface area (Å²) in [4.78, 5) is 10.9. The van der Waals surface area contributed by atoms with Gasteiger partial charge in [-0.15, -0.1) is 0 Å². The highest BCUT2D eigenvalue weighted by atomic mass is 127. The van der Waals surface area contributed by atoms with Crippen molar-refractivity contribution in [3.63, 3.8) is 0 Å². The first kappa shape index (κ1) is 18.7. The Hall–Kier alpha value is -3.12. The number of nitro benzene ring substituents is 1. The molecule has 134 valence electrons. The van der Waals surface area contributed by atoms with Crippen LogP contribution in [-0.4, -0.2) is 12.0 Å². The minimum Gasteiger partial charge on any atom is -0.497 e. The monoisotopic (exact) mass is 472 g/mol. The largest absolute Gasteiger partial charge is 0.497 e. The van der Waals surface area contributed by atoms with Crippen LogP contribution in [-0.2, 0) is 0 Å². The molecule has 0 unspecified atom stereocenters. The number of nitrogens with zero attached hydrogens (tertiary/aromatic N) is 2. The first-order valence-corrected chi connectivity index (χ1v) is 8.90. The summed E-state index contributed by atoms with van der Waals surface area (Å²) in [5.41, 5.74) is 1.44. The van der Waals surface area contributed by atoms with Gasteiger partial charge in [-0.05, 0) is 70.6 Å². The summed E-state index contributed by atoms with van der Waals surface area (Å²) in [6.07, 6.45) is 1.61. The van der Waals surface area contributed by atoms with E-state index in [1.54, 1.807) is 30.3 Å². The second-order valence-electron chi connectivity index (χ2n) is 5.52. The van der Waals surface area contributed by atoms with Gasteiger partial charge in [0.1, 0.15) is 17.3 Å². The van der Waals surface area contributed by atoms with Gasteiger partial charge in [0, 0.05) is 3.57 Å². The van der Waals surface area contributed by atoms with Gasteiger partial charge in [-0.2, -0.15) is 5.26 Å². The number of furan rings is 1. The maximum absolute atomic E-state index is 11.4. The van der Waals surface area contributed by atoms with Crippen LogP contribution >= 0.6 is 22.6 Å². The topological polar surface area (TPSA) is 89.3 Å². The average molecular weight is 472 g/mol. The molecule has 6 nitrogen and oxygen atoms in total. The lowest BCUT2D eigenvalue weighted by atomic mass is 10.1. The third-order valence-corrected chi connectivity index (χ3v) is 4.58. The minimum atomic E-state index is -0.484. The molecule has 0 saturated heterocycles. The van der Waals surface area contributed by atoms with Crippen molar-refractivity contribution in [2.45, 2.75) is 0 Å². The lowest BCUT2D eigenvalue weighted by Crippen LogP contribution is -1.93. The highest BCUT2D eigenvalue weighted by Gasteiger charge is 2.19. The molecule has 27 heavy (non-hydrogen) atoms. The summed E-state index contributed by atoms with van der Waals surface area (Å²) in [5, 5.41) is 20.8. The molecule has 0 N–H and O–H groups in total. The summed E-state index contributed by atoms with van der Waals surface area (Å²) in [6.45, 7) is 0. The summed E-state index contributed by atoms with van der Waals surface area (Å²) in [7, 11) is 1.45. The van der Waals surface area contributed by atoms with Crippen LogP contribution in [0, 0.1) is 25.0 Å². The second-order valence-corrected chi connectivity index (χ2v) is 6.76. The number of benzene rings is 2. The van der Waals surface area contributed by atoms with Crippen molar-refractivity contribution in [3.8, 4) is 23.1 Å². The Bertz CT molecular complexity index is 1060. The van der Waals surface area contributed by atoms with Gasteiger partial charge >= 0.3 is 0 Å². The van der Waals surface area contributed by atoms with Crippen LogP contribution in [0.1, 0.15) is 11.3 Å². The summed E-state index contributed by atoms with van der Waals surface area (Å²) >= 11 is 2.19. The van der Waals surface area contributed by atoms with E-state index < -0.39 is 4.92 Å². The molecule has 0 fully saturated rings. The molecule has 0 bridgehead atoms. The van der Waals surface area contributed by atoms with E-state index in [9.17, 15) is 15.4 Å². The van der Waals surface area contributed by atoms with Gasteiger partial charge < -0.3 is 9.15 Å². The molecular weight excluding hydrogens is 459 g/mol. The van der Waals surface area contributed by atoms with Gasteiger partial charge in [0.25, 0.3) is 5.69 Å². The van der Waals surface area contributed by atoms with Crippen LogP contribution in [0.2, 0.25) is 0 Å². The maximum atomic E-state index is 11.4. The normalized spacial score (nSPS) is 11.1. The number of nitriles is 1. The van der Waals surface area contributed by atoms with Gasteiger partial charge in [-0.1, -0.05) is 12.1 Å². The molecule has 0 aliphatic rings. The highest BCUT2D eigenvalue weighted by Crippen LogP contribution is 2.34. The second kappa shape index (κ2) is 8.05. The molecule has 0 saturated carbocycles. The Labute approximate surface area is 169 Å². The summed E-state index contributed by atoms with van der Waals surface area (Å²) in [6, 6.07) is 17.6. The first-order valence-electron chi connectivity index (χ1n) is 7.82. The van der Waals surface area contributed by atoms with E-state index in [0.717, 1.165) is 9.13 Å². The van der Waals surface area contributed by atoms with Crippen molar-refractivity contribution < 1.29 is 14.1 Å². The van der Waals surface area contributed by atoms with Crippen molar-refractivity contribution in [3.05, 3.63) is 79.6 Å². The molecule has 0 aliphatic carbocycles. The smallest absolute Gasteiger partial charge is 0.284 e. The third kappa shape index (κ3) is 4.17. The van der Waals surface area contributed by atoms with Crippen molar-refractivity contribution in [1.29, 1.82) is 5.26 Å². The Morgan fingerprint density at radius 1 is 1.22 bits per heavy atom. The Balaban J connectivity index is 1.99. The van der Waals surface area contributed by atoms with E-state index >= 15 is 0 Å². The molecule has 1 aromatic heterocycles. The van der Waals surface area contributed by atoms with E-state index in [4.69, 9.17) is 9.15 Å². The predicted molar refractivity (Wildman–Crippen MR) is 110 cm³/mol. The van der Waals surface area contributed by atoms with Gasteiger partial charge in [-0.25, -0.2) is 0 Å². The lowest BCUT2D eigenvalue weighted by molar-refractivity contribution is -0.384. The van der Waals surface area contributed by atoms with Crippen LogP contribution < -0.4 is 4.74 Å². The average Bonchev–Trinajstić information content (AvgIpc) is 3.14. The Kier molecular flexibility index (Phi) is 5.57. The standard InChI is InChI=1S/C20H13IN2O4/c1-26-16-6-8-18(19(11-16)23(24)25)20-9-7-17(27-20)10-14(12-22)13-2-4-15(21)5-3-13/h2-11H,1H3/b14-10-. The highest BCUT2D eigenvalue weighted by molar-refractivity contribution is 14.1. The van der Waals surface area contributed by atoms with Crippen LogP contribution in [0.15, 0.2) is 59.0 Å². The van der Waals surface area contributed by atoms with E-state index in [1.807, 2.05) is 24.3 Å². The molecule has 0 amide bonds. The molecule has 0 spiro atoms. The van der Waals surface area contributed by atoms with Crippen molar-refractivity contribution in [2.24, 2.45) is 0 Å². The third-order valence-electron chi connectivity index (χ3n) is 3.86. The SMILES string of the molecule is COc1ccc(-c2ccc(/C=C(/C#N)c3ccc(I)cc3)o2)c([N+](=O)[O-])c1. The Morgan fingerprint density at radius 2 is 1.96 bits per heavy atom. The molecule has 0 radical (unpaired) electrons. The number of nitro groups is 1. The van der Waals surface area contributed by atoms with Crippen molar-refractivity contribution >= 4 is 39.9 Å². The van der Waals surface area contributed by atoms with Gasteiger partial charge in [0.05, 0.1) is 35.3 Å². The van der Waals surface area contributed by atoms with Gasteiger partial charge in [0.15, 0.2) is 0 Å². The quantitative estimate of drug-likeness (QED) is 0.211. The number of hydrogen-bond donors (Lipinski definition) is 0. The molecule has 3 aromatic rings. The molecule has 1 heterocycles. The van der Waals surface area contributed by atoms with E-state index in [-0.39, 0.29) is 5.69 Å². The maximum Gasteiger partial charge on any atom is 0.284 e. The summed E-state index contributed by atoms with van der Waals surface area (Å²) < 4.78 is 11.9. The predicted octanol–water partition coefficient (Wildman–Crippen LogP) is 5.53. The van der Waals surface area contributed by atoms with Crippen LogP contribution in [0.25, 0.3) is 23.0 Å². The number of methoxy groups -OCH3 is 1. The van der Waals surface area contributed by atoms with Crippen molar-refractivity contribution in [2.75, 3.05) is 7.11 Å². The number of hydrogen-bond acceptors (Lipinski definition) is 5. The van der Waals surface area contributed by atoms with E-state index in [1.165, 1.54) is 13.2 Å². The van der Waals surface area contributed by atoms with E-state index in [0.29, 0.717) is 28.4 Å². The van der Waals surface area contributed by atoms with Gasteiger partial charge in [-0.3, -0.25) is 10.1 Å². The van der Waals surface area contributed by atoms with Gasteiger partial charge in [0.2, 0.25) is 0 Å². The zero-order valence-corrected chi connectivity index (χ0v) is 16.3. The minimum absolute atomic E-state index is 0.114. The number of ether oxygens (including phenoxy) is 1. The molecule has 3 rings (SSSR count). The molecule has 0 aliphatic heterocycles. The fraction of sp³-hybridized carbons (Fsp3) is 0.0500. The molecule has 0 atom stereocenters. The number of halogens is 1. The van der Waals surface area contributed by atoms with E-state index in [2.05, 4.69) is 28.7 Å². The summed E-state index contributed by atoms with van der Waals surface area (Å²) in [5.74, 6) is 1.17. The number of allylic oxidation sites excluding steroid dienone is 1. The molecule has 2 aromatic carbocycles. The fourth-order valence-electron chi connectivity index (χ4n) is 2.52. The zero-order chi connectivity index (χ0) is 19.4. The zero-order valence-electron chi connectivity index (χ0n) is 14.2. The molecule has 7 heteroatoms. The van der Waals surface area contributed by atoms with Crippen molar-refractivity contribution in [1.82, 2.24) is 0 Å². The number of rotatable bonds is 5. The molecular formula is C20H13IN2O4. The Morgan fingerprint density at radius 3 is 2.59 bits per heavy atom. The fourth-order valence-corrected chi connectivity index (χ4v) is 2.88. The van der Waals surface area contributed by atoms with Crippen LogP contribution in [0.3, 0.4) is 0 Å². The lowest BCUT2D eigenvalue weighted by Gasteiger charge is -2.03. The van der Waals surface area contributed by atoms with Crippen LogP contribution in [0.5, 0.6) is 5.75 Å². The first-order chi connectivity index (χ1) is 13.0. The van der Waals surface area contributed by atoms with Crippen LogP contribution in [0.4, 0.5) is 5.69 Å².